The van der Waals surface area contributed by atoms with Crippen molar-refractivity contribution >= 4 is 23.2 Å². The van der Waals surface area contributed by atoms with E-state index in [1.165, 1.54) is 9.80 Å². The number of rotatable bonds is 2. The second kappa shape index (κ2) is 4.89. The van der Waals surface area contributed by atoms with Crippen LogP contribution in [0.2, 0.25) is 0 Å². The molecule has 2 N–H and O–H groups in total. The van der Waals surface area contributed by atoms with Gasteiger partial charge in [-0.25, -0.2) is 0 Å². The van der Waals surface area contributed by atoms with Crippen LogP contribution in [0.5, 0.6) is 5.75 Å². The largest absolute Gasteiger partial charge is 0.482 e. The molecule has 1 unspecified atom stereocenters. The van der Waals surface area contributed by atoms with Gasteiger partial charge in [0.05, 0.1) is 11.7 Å². The van der Waals surface area contributed by atoms with Crippen molar-refractivity contribution in [2.75, 3.05) is 30.5 Å². The zero-order chi connectivity index (χ0) is 14.2. The summed E-state index contributed by atoms with van der Waals surface area (Å²) in [5, 5.41) is 0. The number of hydrogen-bond donors (Lipinski definition) is 1. The monoisotopic (exact) mass is 263 g/mol. The lowest BCUT2D eigenvalue weighted by Gasteiger charge is -2.28. The molecule has 1 aliphatic rings. The highest BCUT2D eigenvalue weighted by atomic mass is 16.5. The van der Waals surface area contributed by atoms with Gasteiger partial charge in [0.25, 0.3) is 5.91 Å². The van der Waals surface area contributed by atoms with E-state index >= 15 is 0 Å². The molecule has 0 fully saturated rings. The number of hydrogen-bond acceptors (Lipinski definition) is 4. The molecule has 0 radical (unpaired) electrons. The lowest BCUT2D eigenvalue weighted by Crippen LogP contribution is -2.40. The van der Waals surface area contributed by atoms with Crippen LogP contribution in [0.1, 0.15) is 6.92 Å². The third-order valence-electron chi connectivity index (χ3n) is 3.14. The van der Waals surface area contributed by atoms with Crippen molar-refractivity contribution in [3.8, 4) is 5.75 Å². The number of nitrogens with two attached hydrogens (primary N) is 1. The molecular weight excluding hydrogens is 246 g/mol. The first-order valence-corrected chi connectivity index (χ1v) is 5.98. The van der Waals surface area contributed by atoms with E-state index in [9.17, 15) is 9.59 Å². The van der Waals surface area contributed by atoms with Crippen LogP contribution in [0.25, 0.3) is 0 Å². The SMILES string of the molecule is CC(N)C(=O)N(C)c1ccc2c(c1)N(C)C(=O)CO2. The number of anilines is 2. The van der Waals surface area contributed by atoms with Crippen LogP contribution in [-0.4, -0.2) is 38.6 Å². The van der Waals surface area contributed by atoms with Crippen molar-refractivity contribution in [3.63, 3.8) is 0 Å². The van der Waals surface area contributed by atoms with E-state index in [2.05, 4.69) is 0 Å². The molecule has 0 aromatic heterocycles. The molecule has 19 heavy (non-hydrogen) atoms. The summed E-state index contributed by atoms with van der Waals surface area (Å²) < 4.78 is 5.33. The Labute approximate surface area is 111 Å². The molecule has 1 aliphatic heterocycles. The van der Waals surface area contributed by atoms with E-state index < -0.39 is 6.04 Å². The molecule has 0 bridgehead atoms. The molecule has 0 saturated carbocycles. The molecule has 2 amide bonds. The minimum absolute atomic E-state index is 0.0391. The highest BCUT2D eigenvalue weighted by molar-refractivity contribution is 6.00. The predicted molar refractivity (Wildman–Crippen MR) is 72.4 cm³/mol. The standard InChI is InChI=1S/C13H17N3O3/c1-8(14)13(18)15(2)9-4-5-11-10(6-9)16(3)12(17)7-19-11/h4-6,8H,7,14H2,1-3H3. The number of amides is 2. The van der Waals surface area contributed by atoms with Gasteiger partial charge in [-0.15, -0.1) is 0 Å². The fourth-order valence-electron chi connectivity index (χ4n) is 1.90. The van der Waals surface area contributed by atoms with Crippen LogP contribution >= 0.6 is 0 Å². The number of carbonyl (C=O) groups is 2. The summed E-state index contributed by atoms with van der Waals surface area (Å²) in [6.07, 6.45) is 0. The van der Waals surface area contributed by atoms with Crippen LogP contribution in [0.3, 0.4) is 0 Å². The Balaban J connectivity index is 2.35. The second-order valence-corrected chi connectivity index (χ2v) is 4.58. The second-order valence-electron chi connectivity index (χ2n) is 4.58. The van der Waals surface area contributed by atoms with Gasteiger partial charge < -0.3 is 20.3 Å². The first-order valence-electron chi connectivity index (χ1n) is 5.98. The Morgan fingerprint density at radius 1 is 1.53 bits per heavy atom. The number of likely N-dealkylation sites (N-methyl/N-ethyl adjacent to an activating group) is 2. The summed E-state index contributed by atoms with van der Waals surface area (Å²) in [5.74, 6) is 0.323. The summed E-state index contributed by atoms with van der Waals surface area (Å²) in [6.45, 7) is 1.67. The van der Waals surface area contributed by atoms with Gasteiger partial charge in [0.1, 0.15) is 5.75 Å². The Hall–Kier alpha value is -2.08. The lowest BCUT2D eigenvalue weighted by molar-refractivity contribution is -0.121. The van der Waals surface area contributed by atoms with Crippen LogP contribution in [-0.2, 0) is 9.59 Å². The number of ether oxygens (including phenoxy) is 1. The van der Waals surface area contributed by atoms with Gasteiger partial charge >= 0.3 is 0 Å². The average Bonchev–Trinajstić information content (AvgIpc) is 2.41. The lowest BCUT2D eigenvalue weighted by atomic mass is 10.2. The quantitative estimate of drug-likeness (QED) is 0.835. The van der Waals surface area contributed by atoms with E-state index in [0.29, 0.717) is 17.1 Å². The van der Waals surface area contributed by atoms with Gasteiger partial charge in [-0.05, 0) is 25.1 Å². The van der Waals surface area contributed by atoms with Gasteiger partial charge in [0.15, 0.2) is 6.61 Å². The Morgan fingerprint density at radius 2 is 2.21 bits per heavy atom. The summed E-state index contributed by atoms with van der Waals surface area (Å²) in [6, 6.07) is 4.69. The number of fused-ring (bicyclic) bond motifs is 1. The minimum atomic E-state index is -0.573. The number of nitrogens with zero attached hydrogens (tertiary/aromatic N) is 2. The van der Waals surface area contributed by atoms with Crippen LogP contribution in [0.15, 0.2) is 18.2 Å². The molecule has 1 aromatic rings. The van der Waals surface area contributed by atoms with E-state index in [1.807, 2.05) is 0 Å². The molecule has 1 heterocycles. The normalized spacial score (nSPS) is 15.6. The van der Waals surface area contributed by atoms with Crippen molar-refractivity contribution in [2.24, 2.45) is 5.73 Å². The Morgan fingerprint density at radius 3 is 2.84 bits per heavy atom. The van der Waals surface area contributed by atoms with Gasteiger partial charge in [-0.3, -0.25) is 9.59 Å². The maximum Gasteiger partial charge on any atom is 0.264 e. The maximum atomic E-state index is 11.8. The zero-order valence-corrected chi connectivity index (χ0v) is 11.2. The van der Waals surface area contributed by atoms with Crippen LogP contribution in [0.4, 0.5) is 11.4 Å². The van der Waals surface area contributed by atoms with E-state index in [-0.39, 0.29) is 18.4 Å². The summed E-state index contributed by atoms with van der Waals surface area (Å²) in [4.78, 5) is 26.4. The van der Waals surface area contributed by atoms with Crippen LogP contribution < -0.4 is 20.3 Å². The van der Waals surface area contributed by atoms with E-state index in [4.69, 9.17) is 10.5 Å². The first kappa shape index (κ1) is 13.4. The molecular formula is C13H17N3O3. The Kier molecular flexibility index (Phi) is 3.44. The van der Waals surface area contributed by atoms with Crippen molar-refractivity contribution in [1.82, 2.24) is 0 Å². The molecule has 1 aromatic carbocycles. The maximum absolute atomic E-state index is 11.8. The first-order chi connectivity index (χ1) is 8.91. The smallest absolute Gasteiger partial charge is 0.264 e. The van der Waals surface area contributed by atoms with Gasteiger partial charge in [0, 0.05) is 19.8 Å². The summed E-state index contributed by atoms with van der Waals surface area (Å²) >= 11 is 0. The number of benzene rings is 1. The van der Waals surface area contributed by atoms with Gasteiger partial charge in [-0.1, -0.05) is 0 Å². The van der Waals surface area contributed by atoms with Crippen molar-refractivity contribution < 1.29 is 14.3 Å². The molecule has 102 valence electrons. The Bertz CT molecular complexity index is 528. The third-order valence-corrected chi connectivity index (χ3v) is 3.14. The average molecular weight is 263 g/mol. The fraction of sp³-hybridized carbons (Fsp3) is 0.385. The fourth-order valence-corrected chi connectivity index (χ4v) is 1.90. The van der Waals surface area contributed by atoms with Crippen molar-refractivity contribution in [3.05, 3.63) is 18.2 Å². The minimum Gasteiger partial charge on any atom is -0.482 e. The third kappa shape index (κ3) is 2.39. The molecule has 0 saturated heterocycles. The molecule has 6 heteroatoms. The topological polar surface area (TPSA) is 75.9 Å². The number of carbonyl (C=O) groups excluding carboxylic acids is 2. The van der Waals surface area contributed by atoms with E-state index in [0.717, 1.165) is 0 Å². The predicted octanol–water partition coefficient (Wildman–Crippen LogP) is 0.352. The summed E-state index contributed by atoms with van der Waals surface area (Å²) in [7, 11) is 3.33. The van der Waals surface area contributed by atoms with Gasteiger partial charge in [0.2, 0.25) is 5.91 Å². The highest BCUT2D eigenvalue weighted by Gasteiger charge is 2.24. The van der Waals surface area contributed by atoms with Crippen molar-refractivity contribution in [1.29, 1.82) is 0 Å². The molecule has 0 aliphatic carbocycles. The molecule has 6 nitrogen and oxygen atoms in total. The van der Waals surface area contributed by atoms with E-state index in [1.54, 1.807) is 39.2 Å². The van der Waals surface area contributed by atoms with Crippen LogP contribution in [0, 0.1) is 0 Å². The molecule has 2 rings (SSSR count). The molecule has 0 spiro atoms. The molecule has 1 atom stereocenters. The van der Waals surface area contributed by atoms with Crippen molar-refractivity contribution in [2.45, 2.75) is 13.0 Å². The highest BCUT2D eigenvalue weighted by Crippen LogP contribution is 2.34. The zero-order valence-electron chi connectivity index (χ0n) is 11.2. The summed E-state index contributed by atoms with van der Waals surface area (Å²) in [5.41, 5.74) is 6.90. The van der Waals surface area contributed by atoms with Gasteiger partial charge in [-0.2, -0.15) is 0 Å².